The number of hydrogen-bond acceptors (Lipinski definition) is 4. The van der Waals surface area contributed by atoms with Gasteiger partial charge >= 0.3 is 5.97 Å². The van der Waals surface area contributed by atoms with Gasteiger partial charge in [0.1, 0.15) is 12.4 Å². The average Bonchev–Trinajstić information content (AvgIpc) is 2.76. The van der Waals surface area contributed by atoms with Gasteiger partial charge in [0.2, 0.25) is 0 Å². The molecule has 0 unspecified atom stereocenters. The van der Waals surface area contributed by atoms with Crippen LogP contribution in [0, 0.1) is 0 Å². The van der Waals surface area contributed by atoms with Gasteiger partial charge in [-0.2, -0.15) is 0 Å². The SMILES string of the molecule is O=C(O)c1ncsc1COc1ccccc1Br. The highest BCUT2D eigenvalue weighted by Crippen LogP contribution is 2.25. The Morgan fingerprint density at radius 3 is 2.94 bits per heavy atom. The van der Waals surface area contributed by atoms with E-state index in [0.29, 0.717) is 10.6 Å². The molecule has 1 aromatic carbocycles. The Morgan fingerprint density at radius 2 is 2.24 bits per heavy atom. The summed E-state index contributed by atoms with van der Waals surface area (Å²) in [7, 11) is 0. The molecule has 1 aromatic heterocycles. The molecule has 0 aliphatic carbocycles. The summed E-state index contributed by atoms with van der Waals surface area (Å²) in [5.41, 5.74) is 1.56. The minimum absolute atomic E-state index is 0.0575. The highest BCUT2D eigenvalue weighted by Gasteiger charge is 2.14. The monoisotopic (exact) mass is 313 g/mol. The molecule has 0 saturated carbocycles. The first-order chi connectivity index (χ1) is 8.18. The molecule has 0 radical (unpaired) electrons. The smallest absolute Gasteiger partial charge is 0.355 e. The number of aromatic carboxylic acids is 1. The van der Waals surface area contributed by atoms with E-state index in [1.165, 1.54) is 16.8 Å². The van der Waals surface area contributed by atoms with Gasteiger partial charge in [0, 0.05) is 0 Å². The molecule has 2 rings (SSSR count). The molecule has 0 saturated heterocycles. The van der Waals surface area contributed by atoms with Crippen LogP contribution < -0.4 is 4.74 Å². The first-order valence-electron chi connectivity index (χ1n) is 4.71. The van der Waals surface area contributed by atoms with Gasteiger partial charge in [0.15, 0.2) is 5.69 Å². The third-order valence-electron chi connectivity index (χ3n) is 2.04. The molecule has 1 N–H and O–H groups in total. The fourth-order valence-electron chi connectivity index (χ4n) is 1.25. The maximum absolute atomic E-state index is 10.8. The Morgan fingerprint density at radius 1 is 1.47 bits per heavy atom. The van der Waals surface area contributed by atoms with E-state index in [9.17, 15) is 4.79 Å². The highest BCUT2D eigenvalue weighted by atomic mass is 79.9. The van der Waals surface area contributed by atoms with Gasteiger partial charge in [-0.25, -0.2) is 9.78 Å². The molecule has 0 aliphatic heterocycles. The van der Waals surface area contributed by atoms with Crippen LogP contribution in [0.15, 0.2) is 34.2 Å². The molecule has 0 spiro atoms. The van der Waals surface area contributed by atoms with Gasteiger partial charge in [-0.3, -0.25) is 0 Å². The number of hydrogen-bond donors (Lipinski definition) is 1. The average molecular weight is 314 g/mol. The van der Waals surface area contributed by atoms with Crippen molar-refractivity contribution < 1.29 is 14.6 Å². The van der Waals surface area contributed by atoms with Gasteiger partial charge < -0.3 is 9.84 Å². The van der Waals surface area contributed by atoms with Crippen molar-refractivity contribution in [3.63, 3.8) is 0 Å². The first kappa shape index (κ1) is 12.1. The molecular formula is C11H8BrNO3S. The highest BCUT2D eigenvalue weighted by molar-refractivity contribution is 9.10. The van der Waals surface area contributed by atoms with Crippen LogP contribution >= 0.6 is 27.3 Å². The zero-order valence-electron chi connectivity index (χ0n) is 8.59. The minimum Gasteiger partial charge on any atom is -0.487 e. The zero-order valence-corrected chi connectivity index (χ0v) is 11.0. The lowest BCUT2D eigenvalue weighted by atomic mass is 10.3. The molecule has 0 atom stereocenters. The molecule has 17 heavy (non-hydrogen) atoms. The Labute approximate surface area is 110 Å². The van der Waals surface area contributed by atoms with E-state index in [0.717, 1.165) is 4.47 Å². The van der Waals surface area contributed by atoms with Crippen LogP contribution in [0.3, 0.4) is 0 Å². The van der Waals surface area contributed by atoms with Crippen LogP contribution in [0.25, 0.3) is 0 Å². The van der Waals surface area contributed by atoms with E-state index >= 15 is 0 Å². The summed E-state index contributed by atoms with van der Waals surface area (Å²) in [4.78, 5) is 15.2. The predicted octanol–water partition coefficient (Wildman–Crippen LogP) is 3.18. The van der Waals surface area contributed by atoms with Gasteiger partial charge in [0.25, 0.3) is 0 Å². The molecule has 0 bridgehead atoms. The quantitative estimate of drug-likeness (QED) is 0.941. The minimum atomic E-state index is -1.03. The number of halogens is 1. The van der Waals surface area contributed by atoms with Crippen LogP contribution in [0.2, 0.25) is 0 Å². The number of carboxylic acids is 1. The van der Waals surface area contributed by atoms with Crippen molar-refractivity contribution in [2.45, 2.75) is 6.61 Å². The predicted molar refractivity (Wildman–Crippen MR) is 67.5 cm³/mol. The number of carbonyl (C=O) groups is 1. The number of aromatic nitrogens is 1. The molecule has 6 heteroatoms. The summed E-state index contributed by atoms with van der Waals surface area (Å²) >= 11 is 4.63. The topological polar surface area (TPSA) is 59.4 Å². The maximum atomic E-state index is 10.8. The van der Waals surface area contributed by atoms with E-state index in [2.05, 4.69) is 20.9 Å². The largest absolute Gasteiger partial charge is 0.487 e. The van der Waals surface area contributed by atoms with Crippen molar-refractivity contribution in [1.82, 2.24) is 4.98 Å². The van der Waals surface area contributed by atoms with E-state index in [1.807, 2.05) is 24.3 Å². The van der Waals surface area contributed by atoms with E-state index in [1.54, 1.807) is 0 Å². The molecular weight excluding hydrogens is 306 g/mol. The summed E-state index contributed by atoms with van der Waals surface area (Å²) in [5.74, 6) is -0.353. The van der Waals surface area contributed by atoms with Crippen LogP contribution in [0.5, 0.6) is 5.75 Å². The second kappa shape index (κ2) is 5.29. The molecule has 2 aromatic rings. The number of rotatable bonds is 4. The number of thiazole rings is 1. The van der Waals surface area contributed by atoms with Gasteiger partial charge in [-0.05, 0) is 28.1 Å². The lowest BCUT2D eigenvalue weighted by molar-refractivity contribution is 0.0688. The lowest BCUT2D eigenvalue weighted by Gasteiger charge is -2.06. The van der Waals surface area contributed by atoms with Crippen molar-refractivity contribution in [3.05, 3.63) is 44.8 Å². The standard InChI is InChI=1S/C11H8BrNO3S/c12-7-3-1-2-4-8(7)16-5-9-10(11(14)15)13-6-17-9/h1-4,6H,5H2,(H,14,15). The fraction of sp³-hybridized carbons (Fsp3) is 0.0909. The molecule has 0 aliphatic rings. The normalized spacial score (nSPS) is 10.2. The van der Waals surface area contributed by atoms with Crippen LogP contribution in [-0.4, -0.2) is 16.1 Å². The summed E-state index contributed by atoms with van der Waals surface area (Å²) in [6.45, 7) is 0.203. The van der Waals surface area contributed by atoms with Crippen LogP contribution in [0.1, 0.15) is 15.4 Å². The Kier molecular flexibility index (Phi) is 3.75. The second-order valence-corrected chi connectivity index (χ2v) is 4.94. The molecule has 0 fully saturated rings. The van der Waals surface area contributed by atoms with Gasteiger partial charge in [-0.1, -0.05) is 12.1 Å². The first-order valence-corrected chi connectivity index (χ1v) is 6.38. The molecule has 4 nitrogen and oxygen atoms in total. The Bertz CT molecular complexity index is 541. The van der Waals surface area contributed by atoms with Crippen LogP contribution in [0.4, 0.5) is 0 Å². The van der Waals surface area contributed by atoms with Crippen LogP contribution in [-0.2, 0) is 6.61 Å². The van der Waals surface area contributed by atoms with Crippen molar-refractivity contribution in [1.29, 1.82) is 0 Å². The number of carboxylic acid groups (broad SMARTS) is 1. The lowest BCUT2D eigenvalue weighted by Crippen LogP contribution is -2.03. The number of benzene rings is 1. The van der Waals surface area contributed by atoms with Crippen molar-refractivity contribution in [2.24, 2.45) is 0 Å². The van der Waals surface area contributed by atoms with Crippen molar-refractivity contribution in [3.8, 4) is 5.75 Å². The summed E-state index contributed by atoms with van der Waals surface area (Å²) in [5, 5.41) is 8.89. The van der Waals surface area contributed by atoms with E-state index in [4.69, 9.17) is 9.84 Å². The summed E-state index contributed by atoms with van der Waals surface area (Å²) < 4.78 is 6.37. The zero-order chi connectivity index (χ0) is 12.3. The number of ether oxygens (including phenoxy) is 1. The Balaban J connectivity index is 2.10. The van der Waals surface area contributed by atoms with Crippen molar-refractivity contribution in [2.75, 3.05) is 0 Å². The summed E-state index contributed by atoms with van der Waals surface area (Å²) in [6, 6.07) is 7.41. The van der Waals surface area contributed by atoms with Gasteiger partial charge in [-0.15, -0.1) is 11.3 Å². The third kappa shape index (κ3) is 2.83. The number of para-hydroxylation sites is 1. The fourth-order valence-corrected chi connectivity index (χ4v) is 2.32. The molecule has 88 valence electrons. The summed E-state index contributed by atoms with van der Waals surface area (Å²) in [6.07, 6.45) is 0. The third-order valence-corrected chi connectivity index (χ3v) is 3.50. The molecule has 0 amide bonds. The van der Waals surface area contributed by atoms with E-state index in [-0.39, 0.29) is 12.3 Å². The van der Waals surface area contributed by atoms with Gasteiger partial charge in [0.05, 0.1) is 14.9 Å². The second-order valence-electron chi connectivity index (χ2n) is 3.15. The van der Waals surface area contributed by atoms with E-state index < -0.39 is 5.97 Å². The maximum Gasteiger partial charge on any atom is 0.355 e. The number of nitrogens with zero attached hydrogens (tertiary/aromatic N) is 1. The van der Waals surface area contributed by atoms with Crippen molar-refractivity contribution >= 4 is 33.2 Å². The molecule has 1 heterocycles. The Hall–Kier alpha value is -1.40.